The third-order valence-corrected chi connectivity index (χ3v) is 2.10. The van der Waals surface area contributed by atoms with Crippen LogP contribution in [0.3, 0.4) is 0 Å². The van der Waals surface area contributed by atoms with Crippen LogP contribution in [0.4, 0.5) is 4.79 Å². The predicted molar refractivity (Wildman–Crippen MR) is 61.5 cm³/mol. The minimum Gasteiger partial charge on any atom is -0.384 e. The van der Waals surface area contributed by atoms with Crippen molar-refractivity contribution in [1.82, 2.24) is 4.90 Å². The quantitative estimate of drug-likeness (QED) is 0.711. The van der Waals surface area contributed by atoms with Gasteiger partial charge in [-0.1, -0.05) is 30.0 Å². The van der Waals surface area contributed by atoms with Gasteiger partial charge in [-0.2, -0.15) is 0 Å². The fourth-order valence-electron chi connectivity index (χ4n) is 1.25. The summed E-state index contributed by atoms with van der Waals surface area (Å²) in [5.74, 6) is 5.41. The molecule has 1 aromatic rings. The highest BCUT2D eigenvalue weighted by Gasteiger charge is 2.06. The number of carbonyl (C=O) groups is 1. The van der Waals surface area contributed by atoms with Gasteiger partial charge in [-0.05, 0) is 11.6 Å². The number of amides is 2. The van der Waals surface area contributed by atoms with Gasteiger partial charge in [0.15, 0.2) is 0 Å². The summed E-state index contributed by atoms with van der Waals surface area (Å²) in [6.45, 7) is 0.228. The van der Waals surface area contributed by atoms with Crippen LogP contribution in [0.5, 0.6) is 0 Å². The molecule has 4 nitrogen and oxygen atoms in total. The fraction of sp³-hybridized carbons (Fsp3) is 0.250. The van der Waals surface area contributed by atoms with E-state index in [1.165, 1.54) is 4.90 Å². The Morgan fingerprint density at radius 2 is 2.19 bits per heavy atom. The van der Waals surface area contributed by atoms with Gasteiger partial charge in [0.2, 0.25) is 0 Å². The number of aliphatic hydroxyl groups is 1. The molecule has 0 unspecified atom stereocenters. The van der Waals surface area contributed by atoms with E-state index in [-0.39, 0.29) is 6.61 Å². The van der Waals surface area contributed by atoms with Crippen molar-refractivity contribution in [2.45, 2.75) is 6.54 Å². The molecule has 0 aliphatic heterocycles. The summed E-state index contributed by atoms with van der Waals surface area (Å²) in [7, 11) is 1.62. The molecule has 4 heteroatoms. The van der Waals surface area contributed by atoms with E-state index in [2.05, 4.69) is 11.8 Å². The van der Waals surface area contributed by atoms with E-state index in [9.17, 15) is 4.79 Å². The maximum atomic E-state index is 10.9. The lowest BCUT2D eigenvalue weighted by Crippen LogP contribution is -2.31. The second-order valence-electron chi connectivity index (χ2n) is 3.31. The molecule has 0 aliphatic carbocycles. The number of carbonyl (C=O) groups excluding carboxylic acids is 1. The molecule has 0 heterocycles. The minimum absolute atomic E-state index is 0.181. The Morgan fingerprint density at radius 3 is 2.81 bits per heavy atom. The van der Waals surface area contributed by atoms with Gasteiger partial charge in [0, 0.05) is 19.2 Å². The van der Waals surface area contributed by atoms with Crippen LogP contribution in [0, 0.1) is 11.8 Å². The summed E-state index contributed by atoms with van der Waals surface area (Å²) >= 11 is 0. The van der Waals surface area contributed by atoms with Gasteiger partial charge in [-0.3, -0.25) is 0 Å². The van der Waals surface area contributed by atoms with Gasteiger partial charge < -0.3 is 15.7 Å². The molecular formula is C12H14N2O2. The summed E-state index contributed by atoms with van der Waals surface area (Å²) in [6.07, 6.45) is 0. The molecule has 1 aromatic carbocycles. The van der Waals surface area contributed by atoms with Crippen molar-refractivity contribution in [3.8, 4) is 11.8 Å². The molecule has 1 rings (SSSR count). The molecule has 0 saturated heterocycles. The number of nitrogens with two attached hydrogens (primary N) is 1. The minimum atomic E-state index is -0.482. The summed E-state index contributed by atoms with van der Waals surface area (Å²) in [5.41, 5.74) is 6.85. The van der Waals surface area contributed by atoms with Crippen molar-refractivity contribution in [2.24, 2.45) is 5.73 Å². The highest BCUT2D eigenvalue weighted by molar-refractivity contribution is 5.71. The van der Waals surface area contributed by atoms with Crippen molar-refractivity contribution in [3.63, 3.8) is 0 Å². The lowest BCUT2D eigenvalue weighted by Gasteiger charge is -2.15. The van der Waals surface area contributed by atoms with E-state index in [1.807, 2.05) is 24.3 Å². The largest absolute Gasteiger partial charge is 0.384 e. The normalized spacial score (nSPS) is 9.12. The molecule has 0 fully saturated rings. The van der Waals surface area contributed by atoms with E-state index in [0.717, 1.165) is 11.1 Å². The number of primary amides is 1. The van der Waals surface area contributed by atoms with Gasteiger partial charge in [-0.25, -0.2) is 4.79 Å². The van der Waals surface area contributed by atoms with Crippen LogP contribution in [0.2, 0.25) is 0 Å². The second kappa shape index (κ2) is 5.79. The van der Waals surface area contributed by atoms with Crippen molar-refractivity contribution in [2.75, 3.05) is 13.7 Å². The summed E-state index contributed by atoms with van der Waals surface area (Å²) in [4.78, 5) is 12.3. The first-order valence-corrected chi connectivity index (χ1v) is 4.83. The molecule has 0 spiro atoms. The Labute approximate surface area is 94.7 Å². The SMILES string of the molecule is CN(Cc1ccccc1C#CCO)C(N)=O. The third-order valence-electron chi connectivity index (χ3n) is 2.10. The first kappa shape index (κ1) is 12.1. The van der Waals surface area contributed by atoms with Crippen LogP contribution < -0.4 is 5.73 Å². The molecule has 0 saturated carbocycles. The van der Waals surface area contributed by atoms with Gasteiger partial charge >= 0.3 is 6.03 Å². The molecule has 3 N–H and O–H groups in total. The molecule has 2 amide bonds. The zero-order valence-corrected chi connectivity index (χ0v) is 9.10. The molecule has 0 atom stereocenters. The Hall–Kier alpha value is -1.99. The first-order chi connectivity index (χ1) is 7.65. The van der Waals surface area contributed by atoms with Crippen molar-refractivity contribution in [1.29, 1.82) is 0 Å². The average molecular weight is 218 g/mol. The topological polar surface area (TPSA) is 66.6 Å². The Bertz CT molecular complexity index is 432. The molecule has 0 radical (unpaired) electrons. The third kappa shape index (κ3) is 3.30. The standard InChI is InChI=1S/C12H14N2O2/c1-14(12(13)16)9-11-6-3-2-5-10(11)7-4-8-15/h2-3,5-6,15H,8-9H2,1H3,(H2,13,16). The highest BCUT2D eigenvalue weighted by Crippen LogP contribution is 2.09. The van der Waals surface area contributed by atoms with Gasteiger partial charge in [-0.15, -0.1) is 0 Å². The van der Waals surface area contributed by atoms with Gasteiger partial charge in [0.1, 0.15) is 6.61 Å². The fourth-order valence-corrected chi connectivity index (χ4v) is 1.25. The van der Waals surface area contributed by atoms with E-state index in [0.29, 0.717) is 6.54 Å². The monoisotopic (exact) mass is 218 g/mol. The van der Waals surface area contributed by atoms with Crippen molar-refractivity contribution >= 4 is 6.03 Å². The van der Waals surface area contributed by atoms with E-state index in [4.69, 9.17) is 10.8 Å². The number of urea groups is 1. The molecule has 0 aliphatic rings. The summed E-state index contributed by atoms with van der Waals surface area (Å²) < 4.78 is 0. The molecular weight excluding hydrogens is 204 g/mol. The predicted octanol–water partition coefficient (Wildman–Crippen LogP) is 0.541. The number of nitrogens with zero attached hydrogens (tertiary/aromatic N) is 1. The van der Waals surface area contributed by atoms with Crippen LogP contribution >= 0.6 is 0 Å². The molecule has 0 aromatic heterocycles. The van der Waals surface area contributed by atoms with Crippen molar-refractivity contribution in [3.05, 3.63) is 35.4 Å². The zero-order chi connectivity index (χ0) is 12.0. The first-order valence-electron chi connectivity index (χ1n) is 4.83. The van der Waals surface area contributed by atoms with Crippen LogP contribution in [0.15, 0.2) is 24.3 Å². The van der Waals surface area contributed by atoms with E-state index >= 15 is 0 Å². The van der Waals surface area contributed by atoms with Crippen LogP contribution in [0.1, 0.15) is 11.1 Å². The molecule has 0 bridgehead atoms. The van der Waals surface area contributed by atoms with E-state index in [1.54, 1.807) is 7.05 Å². The van der Waals surface area contributed by atoms with Crippen LogP contribution in [0.25, 0.3) is 0 Å². The second-order valence-corrected chi connectivity index (χ2v) is 3.31. The van der Waals surface area contributed by atoms with Gasteiger partial charge in [0.25, 0.3) is 0 Å². The van der Waals surface area contributed by atoms with Crippen LogP contribution in [-0.4, -0.2) is 29.7 Å². The number of benzene rings is 1. The smallest absolute Gasteiger partial charge is 0.314 e. The molecule has 16 heavy (non-hydrogen) atoms. The maximum Gasteiger partial charge on any atom is 0.314 e. The lowest BCUT2D eigenvalue weighted by molar-refractivity contribution is 0.216. The highest BCUT2D eigenvalue weighted by atomic mass is 16.2. The Morgan fingerprint density at radius 1 is 1.50 bits per heavy atom. The van der Waals surface area contributed by atoms with Crippen LogP contribution in [-0.2, 0) is 6.54 Å². The Kier molecular flexibility index (Phi) is 4.37. The number of aliphatic hydroxyl groups excluding tert-OH is 1. The number of hydrogen-bond donors (Lipinski definition) is 2. The molecule has 84 valence electrons. The van der Waals surface area contributed by atoms with Crippen molar-refractivity contribution < 1.29 is 9.90 Å². The number of hydrogen-bond acceptors (Lipinski definition) is 2. The summed E-state index contributed by atoms with van der Waals surface area (Å²) in [6, 6.07) is 6.96. The lowest BCUT2D eigenvalue weighted by atomic mass is 10.1. The summed E-state index contributed by atoms with van der Waals surface area (Å²) in [5, 5.41) is 8.63. The van der Waals surface area contributed by atoms with E-state index < -0.39 is 6.03 Å². The van der Waals surface area contributed by atoms with Gasteiger partial charge in [0.05, 0.1) is 0 Å². The zero-order valence-electron chi connectivity index (χ0n) is 9.10. The maximum absolute atomic E-state index is 10.9. The average Bonchev–Trinajstić information content (AvgIpc) is 2.27. The number of rotatable bonds is 2. The Balaban J connectivity index is 2.91.